The second-order valence-corrected chi connectivity index (χ2v) is 4.78. The van der Waals surface area contributed by atoms with E-state index < -0.39 is 11.8 Å². The standard InChI is InChI=1S/C13H12ClFN2O2/c1-7(2)12-10(14)11(13(18)19)16-17(12)9-5-3-4-8(15)6-9/h3-7H,1-2H3,(H,18,19). The molecular formula is C13H12ClFN2O2. The monoisotopic (exact) mass is 282 g/mol. The van der Waals surface area contributed by atoms with Crippen molar-refractivity contribution in [2.24, 2.45) is 0 Å². The Balaban J connectivity index is 2.69. The molecule has 0 unspecified atom stereocenters. The molecule has 0 bridgehead atoms. The first kappa shape index (κ1) is 13.5. The third-order valence-electron chi connectivity index (χ3n) is 2.66. The normalized spacial score (nSPS) is 11.0. The zero-order valence-corrected chi connectivity index (χ0v) is 11.1. The first-order valence-corrected chi connectivity index (χ1v) is 6.07. The molecule has 19 heavy (non-hydrogen) atoms. The van der Waals surface area contributed by atoms with Gasteiger partial charge in [0.1, 0.15) is 5.82 Å². The van der Waals surface area contributed by atoms with Gasteiger partial charge >= 0.3 is 5.97 Å². The van der Waals surface area contributed by atoms with Gasteiger partial charge in [-0.1, -0.05) is 31.5 Å². The van der Waals surface area contributed by atoms with Gasteiger partial charge in [-0.05, 0) is 24.1 Å². The highest BCUT2D eigenvalue weighted by Gasteiger charge is 2.23. The summed E-state index contributed by atoms with van der Waals surface area (Å²) >= 11 is 6.05. The summed E-state index contributed by atoms with van der Waals surface area (Å²) in [7, 11) is 0. The number of benzene rings is 1. The van der Waals surface area contributed by atoms with E-state index in [0.29, 0.717) is 11.4 Å². The van der Waals surface area contributed by atoms with Crippen LogP contribution in [0.3, 0.4) is 0 Å². The Morgan fingerprint density at radius 2 is 2.16 bits per heavy atom. The van der Waals surface area contributed by atoms with Crippen LogP contribution in [0, 0.1) is 5.82 Å². The Kier molecular flexibility index (Phi) is 3.57. The van der Waals surface area contributed by atoms with Crippen molar-refractivity contribution in [2.45, 2.75) is 19.8 Å². The topological polar surface area (TPSA) is 55.1 Å². The van der Waals surface area contributed by atoms with Crippen LogP contribution >= 0.6 is 11.6 Å². The predicted molar refractivity (Wildman–Crippen MR) is 69.6 cm³/mol. The molecule has 0 saturated heterocycles. The van der Waals surface area contributed by atoms with Gasteiger partial charge in [-0.25, -0.2) is 13.9 Å². The van der Waals surface area contributed by atoms with Crippen LogP contribution in [0.15, 0.2) is 24.3 Å². The Morgan fingerprint density at radius 3 is 2.68 bits per heavy atom. The Morgan fingerprint density at radius 1 is 1.47 bits per heavy atom. The van der Waals surface area contributed by atoms with Crippen LogP contribution in [-0.2, 0) is 0 Å². The van der Waals surface area contributed by atoms with Crippen LogP contribution in [0.1, 0.15) is 35.9 Å². The maximum absolute atomic E-state index is 13.3. The Labute approximate surface area is 114 Å². The summed E-state index contributed by atoms with van der Waals surface area (Å²) in [5, 5.41) is 13.1. The summed E-state index contributed by atoms with van der Waals surface area (Å²) in [6, 6.07) is 5.76. The maximum Gasteiger partial charge on any atom is 0.358 e. The lowest BCUT2D eigenvalue weighted by Gasteiger charge is -2.10. The van der Waals surface area contributed by atoms with Crippen molar-refractivity contribution in [1.29, 1.82) is 0 Å². The van der Waals surface area contributed by atoms with Gasteiger partial charge in [0.15, 0.2) is 5.69 Å². The fraction of sp³-hybridized carbons (Fsp3) is 0.231. The molecule has 2 rings (SSSR count). The van der Waals surface area contributed by atoms with Crippen LogP contribution in [0.4, 0.5) is 4.39 Å². The number of carboxylic acids is 1. The van der Waals surface area contributed by atoms with Gasteiger partial charge in [-0.2, -0.15) is 5.10 Å². The molecule has 0 amide bonds. The van der Waals surface area contributed by atoms with Crippen molar-refractivity contribution in [3.63, 3.8) is 0 Å². The van der Waals surface area contributed by atoms with Crippen LogP contribution in [0.5, 0.6) is 0 Å². The van der Waals surface area contributed by atoms with Gasteiger partial charge < -0.3 is 5.11 Å². The molecule has 0 aliphatic heterocycles. The molecule has 6 heteroatoms. The minimum absolute atomic E-state index is 0.0450. The largest absolute Gasteiger partial charge is 0.476 e. The Bertz CT molecular complexity index is 638. The number of aromatic carboxylic acids is 1. The van der Waals surface area contributed by atoms with Crippen molar-refractivity contribution in [2.75, 3.05) is 0 Å². The fourth-order valence-corrected chi connectivity index (χ4v) is 2.27. The molecule has 0 aliphatic carbocycles. The molecule has 1 aromatic heterocycles. The van der Waals surface area contributed by atoms with Gasteiger partial charge in [-0.3, -0.25) is 0 Å². The third kappa shape index (κ3) is 2.46. The quantitative estimate of drug-likeness (QED) is 0.937. The molecule has 4 nitrogen and oxygen atoms in total. The number of nitrogens with zero attached hydrogens (tertiary/aromatic N) is 2. The van der Waals surface area contributed by atoms with Gasteiger partial charge in [-0.15, -0.1) is 0 Å². The summed E-state index contributed by atoms with van der Waals surface area (Å²) in [4.78, 5) is 11.1. The lowest BCUT2D eigenvalue weighted by molar-refractivity contribution is 0.0690. The molecule has 100 valence electrons. The number of halogens is 2. The number of carbonyl (C=O) groups is 1. The van der Waals surface area contributed by atoms with Crippen LogP contribution in [0.25, 0.3) is 5.69 Å². The van der Waals surface area contributed by atoms with Gasteiger partial charge in [0.25, 0.3) is 0 Å². The molecule has 0 aliphatic rings. The summed E-state index contributed by atoms with van der Waals surface area (Å²) in [5.74, 6) is -1.67. The molecule has 0 atom stereocenters. The molecule has 0 fully saturated rings. The van der Waals surface area contributed by atoms with Crippen LogP contribution in [0.2, 0.25) is 5.02 Å². The van der Waals surface area contributed by atoms with E-state index in [4.69, 9.17) is 16.7 Å². The van der Waals surface area contributed by atoms with Crippen LogP contribution in [-0.4, -0.2) is 20.9 Å². The van der Waals surface area contributed by atoms with Crippen molar-refractivity contribution >= 4 is 17.6 Å². The first-order chi connectivity index (χ1) is 8.91. The number of rotatable bonds is 3. The second-order valence-electron chi connectivity index (χ2n) is 4.40. The highest BCUT2D eigenvalue weighted by molar-refractivity contribution is 6.34. The zero-order valence-electron chi connectivity index (χ0n) is 10.4. The zero-order chi connectivity index (χ0) is 14.2. The van der Waals surface area contributed by atoms with Gasteiger partial charge in [0, 0.05) is 0 Å². The summed E-state index contributed by atoms with van der Waals surface area (Å²) in [6.45, 7) is 3.73. The van der Waals surface area contributed by atoms with Crippen molar-refractivity contribution in [3.8, 4) is 5.69 Å². The number of carboxylic acid groups (broad SMARTS) is 1. The maximum atomic E-state index is 13.3. The van der Waals surface area contributed by atoms with E-state index in [1.54, 1.807) is 6.07 Å². The number of hydrogen-bond donors (Lipinski definition) is 1. The van der Waals surface area contributed by atoms with Crippen molar-refractivity contribution < 1.29 is 14.3 Å². The van der Waals surface area contributed by atoms with E-state index in [1.807, 2.05) is 13.8 Å². The molecule has 1 heterocycles. The third-order valence-corrected chi connectivity index (χ3v) is 3.04. The van der Waals surface area contributed by atoms with E-state index in [2.05, 4.69) is 5.10 Å². The van der Waals surface area contributed by atoms with Crippen LogP contribution < -0.4 is 0 Å². The second kappa shape index (κ2) is 5.01. The molecule has 1 N–H and O–H groups in total. The van der Waals surface area contributed by atoms with E-state index in [0.717, 1.165) is 0 Å². The van der Waals surface area contributed by atoms with Crippen molar-refractivity contribution in [1.82, 2.24) is 9.78 Å². The van der Waals surface area contributed by atoms with Gasteiger partial charge in [0.2, 0.25) is 0 Å². The highest BCUT2D eigenvalue weighted by atomic mass is 35.5. The first-order valence-electron chi connectivity index (χ1n) is 5.69. The average molecular weight is 283 g/mol. The van der Waals surface area contributed by atoms with E-state index in [1.165, 1.54) is 22.9 Å². The van der Waals surface area contributed by atoms with Gasteiger partial charge in [0.05, 0.1) is 16.4 Å². The minimum Gasteiger partial charge on any atom is -0.476 e. The predicted octanol–water partition coefficient (Wildman–Crippen LogP) is 3.49. The SMILES string of the molecule is CC(C)c1c(Cl)c(C(=O)O)nn1-c1cccc(F)c1. The molecule has 0 radical (unpaired) electrons. The number of aromatic nitrogens is 2. The summed E-state index contributed by atoms with van der Waals surface area (Å²) in [5.41, 5.74) is 0.761. The van der Waals surface area contributed by atoms with E-state index >= 15 is 0 Å². The molecule has 0 saturated carbocycles. The lowest BCUT2D eigenvalue weighted by atomic mass is 10.1. The fourth-order valence-electron chi connectivity index (χ4n) is 1.85. The highest BCUT2D eigenvalue weighted by Crippen LogP contribution is 2.30. The van der Waals surface area contributed by atoms with Crippen molar-refractivity contribution in [3.05, 3.63) is 46.5 Å². The molecular weight excluding hydrogens is 271 g/mol. The average Bonchev–Trinajstić information content (AvgIpc) is 2.67. The Hall–Kier alpha value is -1.88. The minimum atomic E-state index is -1.21. The summed E-state index contributed by atoms with van der Waals surface area (Å²) < 4.78 is 14.6. The smallest absolute Gasteiger partial charge is 0.358 e. The van der Waals surface area contributed by atoms with E-state index in [-0.39, 0.29) is 16.6 Å². The van der Waals surface area contributed by atoms with E-state index in [9.17, 15) is 9.18 Å². The molecule has 2 aromatic rings. The number of hydrogen-bond acceptors (Lipinski definition) is 2. The summed E-state index contributed by atoms with van der Waals surface area (Å²) in [6.07, 6.45) is 0. The molecule has 1 aromatic carbocycles. The lowest BCUT2D eigenvalue weighted by Crippen LogP contribution is -2.05. The molecule has 0 spiro atoms.